The first-order valence-corrected chi connectivity index (χ1v) is 35.9. The van der Waals surface area contributed by atoms with E-state index >= 15 is 0 Å². The second kappa shape index (κ2) is 68.1. The highest BCUT2D eigenvalue weighted by Crippen LogP contribution is 2.19. The predicted molar refractivity (Wildman–Crippen MR) is 343 cm³/mol. The van der Waals surface area contributed by atoms with E-state index in [0.29, 0.717) is 25.9 Å². The Morgan fingerprint density at radius 3 is 0.910 bits per heavy atom. The molecule has 0 aliphatic carbocycles. The Balaban J connectivity index is 3.28. The molecular formula is C72H141NO5. The first kappa shape index (κ1) is 76.6. The average molecular weight is 1100 g/mol. The highest BCUT2D eigenvalue weighted by atomic mass is 16.5. The Bertz CT molecular complexity index is 1180. The van der Waals surface area contributed by atoms with E-state index in [0.717, 1.165) is 38.5 Å². The van der Waals surface area contributed by atoms with Crippen molar-refractivity contribution in [2.24, 2.45) is 0 Å². The second-order valence-corrected chi connectivity index (χ2v) is 24.9. The number of unbranched alkanes of at least 4 members (excludes halogenated alkanes) is 55. The number of ether oxygens (including phenoxy) is 1. The van der Waals surface area contributed by atoms with Crippen LogP contribution < -0.4 is 5.32 Å². The van der Waals surface area contributed by atoms with Crippen molar-refractivity contribution >= 4 is 11.9 Å². The molecular weight excluding hydrogens is 959 g/mol. The third kappa shape index (κ3) is 63.8. The Morgan fingerprint density at radius 2 is 0.603 bits per heavy atom. The molecule has 0 aliphatic heterocycles. The van der Waals surface area contributed by atoms with E-state index in [2.05, 4.69) is 31.3 Å². The zero-order valence-electron chi connectivity index (χ0n) is 53.2. The van der Waals surface area contributed by atoms with E-state index in [1.54, 1.807) is 0 Å². The lowest BCUT2D eigenvalue weighted by Gasteiger charge is -2.22. The summed E-state index contributed by atoms with van der Waals surface area (Å²) in [5, 5.41) is 23.1. The lowest BCUT2D eigenvalue weighted by atomic mass is 10.0. The number of aliphatic hydroxyl groups is 2. The quantitative estimate of drug-likeness (QED) is 0.0320. The van der Waals surface area contributed by atoms with Gasteiger partial charge in [-0.25, -0.2) is 0 Å². The molecule has 2 unspecified atom stereocenters. The van der Waals surface area contributed by atoms with Crippen LogP contribution in [-0.4, -0.2) is 47.4 Å². The molecule has 0 aromatic heterocycles. The van der Waals surface area contributed by atoms with Gasteiger partial charge < -0.3 is 20.3 Å². The van der Waals surface area contributed by atoms with Crippen molar-refractivity contribution in [3.8, 4) is 0 Å². The fourth-order valence-electron chi connectivity index (χ4n) is 11.6. The number of hydrogen-bond donors (Lipinski definition) is 3. The molecule has 0 saturated heterocycles. The summed E-state index contributed by atoms with van der Waals surface area (Å²) in [6.07, 6.45) is 84.5. The van der Waals surface area contributed by atoms with Gasteiger partial charge in [-0.3, -0.25) is 9.59 Å². The Hall–Kier alpha value is -1.40. The van der Waals surface area contributed by atoms with Gasteiger partial charge in [-0.15, -0.1) is 0 Å². The van der Waals surface area contributed by atoms with Crippen LogP contribution in [0.5, 0.6) is 0 Å². The molecule has 0 heterocycles. The van der Waals surface area contributed by atoms with Gasteiger partial charge >= 0.3 is 5.97 Å². The minimum atomic E-state index is -0.658. The van der Waals surface area contributed by atoms with Gasteiger partial charge in [0.2, 0.25) is 5.91 Å². The second-order valence-electron chi connectivity index (χ2n) is 24.9. The van der Waals surface area contributed by atoms with E-state index in [1.807, 2.05) is 0 Å². The molecule has 1 amide bonds. The van der Waals surface area contributed by atoms with Crippen molar-refractivity contribution in [3.63, 3.8) is 0 Å². The Labute approximate surface area is 489 Å². The highest BCUT2D eigenvalue weighted by Gasteiger charge is 2.20. The first-order valence-electron chi connectivity index (χ1n) is 35.9. The number of esters is 1. The maximum absolute atomic E-state index is 12.4. The number of hydrogen-bond acceptors (Lipinski definition) is 5. The normalized spacial score (nSPS) is 12.5. The van der Waals surface area contributed by atoms with E-state index in [9.17, 15) is 19.8 Å². The van der Waals surface area contributed by atoms with Crippen LogP contribution >= 0.6 is 0 Å². The van der Waals surface area contributed by atoms with Gasteiger partial charge in [0, 0.05) is 12.8 Å². The summed E-state index contributed by atoms with van der Waals surface area (Å²) >= 11 is 0. The third-order valence-corrected chi connectivity index (χ3v) is 17.1. The third-order valence-electron chi connectivity index (χ3n) is 17.1. The molecule has 6 heteroatoms. The van der Waals surface area contributed by atoms with Crippen LogP contribution in [0.2, 0.25) is 0 Å². The molecule has 78 heavy (non-hydrogen) atoms. The molecule has 464 valence electrons. The zero-order chi connectivity index (χ0) is 56.4. The molecule has 3 N–H and O–H groups in total. The molecule has 0 spiro atoms. The van der Waals surface area contributed by atoms with Crippen molar-refractivity contribution in [2.45, 2.75) is 424 Å². The lowest BCUT2D eigenvalue weighted by molar-refractivity contribution is -0.143. The first-order chi connectivity index (χ1) is 38.5. The van der Waals surface area contributed by atoms with Crippen LogP contribution in [0, 0.1) is 0 Å². The van der Waals surface area contributed by atoms with Gasteiger partial charge in [0.15, 0.2) is 0 Å². The maximum Gasteiger partial charge on any atom is 0.305 e. The number of carbonyl (C=O) groups is 2. The molecule has 0 radical (unpaired) electrons. The van der Waals surface area contributed by atoms with Crippen molar-refractivity contribution in [1.82, 2.24) is 5.32 Å². The molecule has 0 rings (SSSR count). The fraction of sp³-hybridized carbons (Fsp3) is 0.944. The van der Waals surface area contributed by atoms with Crippen LogP contribution in [-0.2, 0) is 14.3 Å². The van der Waals surface area contributed by atoms with Crippen LogP contribution in [0.25, 0.3) is 0 Å². The average Bonchev–Trinajstić information content (AvgIpc) is 3.44. The van der Waals surface area contributed by atoms with Crippen LogP contribution in [0.4, 0.5) is 0 Å². The van der Waals surface area contributed by atoms with E-state index in [1.165, 1.54) is 340 Å². The summed E-state index contributed by atoms with van der Waals surface area (Å²) < 4.78 is 5.49. The summed E-state index contributed by atoms with van der Waals surface area (Å²) in [5.41, 5.74) is 0. The number of rotatable bonds is 68. The van der Waals surface area contributed by atoms with E-state index in [4.69, 9.17) is 4.74 Å². The highest BCUT2D eigenvalue weighted by molar-refractivity contribution is 5.76. The van der Waals surface area contributed by atoms with Crippen LogP contribution in [0.1, 0.15) is 412 Å². The monoisotopic (exact) mass is 1100 g/mol. The summed E-state index contributed by atoms with van der Waals surface area (Å²) in [7, 11) is 0. The summed E-state index contributed by atoms with van der Waals surface area (Å²) in [4.78, 5) is 24.5. The topological polar surface area (TPSA) is 95.9 Å². The van der Waals surface area contributed by atoms with Gasteiger partial charge in [-0.2, -0.15) is 0 Å². The number of carbonyl (C=O) groups excluding carboxylic acids is 2. The molecule has 0 bridgehead atoms. The molecule has 0 saturated carbocycles. The summed E-state index contributed by atoms with van der Waals surface area (Å²) in [5.74, 6) is -0.00618. The summed E-state index contributed by atoms with van der Waals surface area (Å²) in [6, 6.07) is -0.535. The van der Waals surface area contributed by atoms with Crippen molar-refractivity contribution in [2.75, 3.05) is 13.2 Å². The molecule has 0 aromatic rings. The van der Waals surface area contributed by atoms with Crippen LogP contribution in [0.15, 0.2) is 12.2 Å². The van der Waals surface area contributed by atoms with Crippen molar-refractivity contribution in [1.29, 1.82) is 0 Å². The Kier molecular flexibility index (Phi) is 66.9. The van der Waals surface area contributed by atoms with Gasteiger partial charge in [0.25, 0.3) is 0 Å². The minimum absolute atomic E-state index is 0.0247. The molecule has 0 aliphatic rings. The summed E-state index contributed by atoms with van der Waals surface area (Å²) in [6.45, 7) is 4.97. The number of aliphatic hydroxyl groups excluding tert-OH is 2. The van der Waals surface area contributed by atoms with Gasteiger partial charge in [-0.1, -0.05) is 360 Å². The fourth-order valence-corrected chi connectivity index (χ4v) is 11.6. The van der Waals surface area contributed by atoms with Gasteiger partial charge in [0.05, 0.1) is 25.4 Å². The molecule has 0 fully saturated rings. The smallest absolute Gasteiger partial charge is 0.305 e. The SMILES string of the molecule is CCCCCCCCCCCCCCCC(=O)OCCCCCCCCCCCCCCCCCCCC/C=C\CCCCCCCCCCCCCCCCCCCC(=O)NC(CO)C(O)CCCCCCCCCCC. The largest absolute Gasteiger partial charge is 0.466 e. The van der Waals surface area contributed by atoms with Crippen LogP contribution in [0.3, 0.4) is 0 Å². The van der Waals surface area contributed by atoms with Crippen molar-refractivity contribution in [3.05, 3.63) is 12.2 Å². The number of nitrogens with one attached hydrogen (secondary N) is 1. The van der Waals surface area contributed by atoms with E-state index < -0.39 is 12.1 Å². The molecule has 2 atom stereocenters. The van der Waals surface area contributed by atoms with Gasteiger partial charge in [-0.05, 0) is 51.4 Å². The predicted octanol–water partition coefficient (Wildman–Crippen LogP) is 23.1. The maximum atomic E-state index is 12.4. The molecule has 0 aromatic carbocycles. The van der Waals surface area contributed by atoms with E-state index in [-0.39, 0.29) is 18.5 Å². The zero-order valence-corrected chi connectivity index (χ0v) is 53.2. The molecule has 6 nitrogen and oxygen atoms in total. The number of amides is 1. The minimum Gasteiger partial charge on any atom is -0.466 e. The Morgan fingerprint density at radius 1 is 0.346 bits per heavy atom. The lowest BCUT2D eigenvalue weighted by Crippen LogP contribution is -2.45. The van der Waals surface area contributed by atoms with Gasteiger partial charge in [0.1, 0.15) is 0 Å². The number of allylic oxidation sites excluding steroid dienone is 2. The van der Waals surface area contributed by atoms with Crippen molar-refractivity contribution < 1.29 is 24.5 Å². The standard InChI is InChI=1S/C72H141NO5/c1-3-5-7-9-11-13-14-42-46-50-54-58-62-66-72(77)78-67-63-59-55-51-47-44-41-39-37-35-33-31-29-27-25-23-21-19-17-15-16-18-20-22-24-26-28-30-32-34-36-38-40-43-45-49-53-57-61-65-71(76)73-69(68-74)70(75)64-60-56-52-48-12-10-8-6-4-2/h15-16,69-70,74-75H,3-14,17-68H2,1-2H3,(H,73,76)/b16-15-.